The minimum Gasteiger partial charge on any atom is -0.460 e. The SMILES string of the molecule is C=CCOC(=O)[C@H](Cc1ccccc1)NC(=O)c1ccc(C)cc1. The molecule has 2 rings (SSSR count). The molecule has 0 saturated heterocycles. The van der Waals surface area contributed by atoms with Crippen molar-refractivity contribution in [1.29, 1.82) is 0 Å². The molecule has 0 aliphatic carbocycles. The maximum Gasteiger partial charge on any atom is 0.329 e. The van der Waals surface area contributed by atoms with Crippen molar-refractivity contribution in [3.8, 4) is 0 Å². The molecule has 0 saturated carbocycles. The summed E-state index contributed by atoms with van der Waals surface area (Å²) in [5.74, 6) is -0.773. The molecule has 4 heteroatoms. The summed E-state index contributed by atoms with van der Waals surface area (Å²) in [6.45, 7) is 5.59. The van der Waals surface area contributed by atoms with Gasteiger partial charge in [-0.15, -0.1) is 0 Å². The number of nitrogens with one attached hydrogen (secondary N) is 1. The van der Waals surface area contributed by atoms with E-state index in [4.69, 9.17) is 4.74 Å². The summed E-state index contributed by atoms with van der Waals surface area (Å²) < 4.78 is 5.11. The average molecular weight is 323 g/mol. The zero-order valence-electron chi connectivity index (χ0n) is 13.7. The first-order valence-electron chi connectivity index (χ1n) is 7.79. The predicted molar refractivity (Wildman–Crippen MR) is 93.7 cm³/mol. The van der Waals surface area contributed by atoms with E-state index < -0.39 is 12.0 Å². The maximum atomic E-state index is 12.4. The first-order chi connectivity index (χ1) is 11.6. The van der Waals surface area contributed by atoms with Gasteiger partial charge in [-0.05, 0) is 24.6 Å². The molecule has 0 spiro atoms. The Morgan fingerprint density at radius 1 is 1.12 bits per heavy atom. The van der Waals surface area contributed by atoms with E-state index in [1.54, 1.807) is 12.1 Å². The van der Waals surface area contributed by atoms with Gasteiger partial charge in [0.25, 0.3) is 5.91 Å². The van der Waals surface area contributed by atoms with Crippen LogP contribution < -0.4 is 5.32 Å². The lowest BCUT2D eigenvalue weighted by molar-refractivity contribution is -0.144. The zero-order valence-corrected chi connectivity index (χ0v) is 13.7. The second-order valence-corrected chi connectivity index (χ2v) is 5.50. The van der Waals surface area contributed by atoms with E-state index >= 15 is 0 Å². The Morgan fingerprint density at radius 3 is 2.42 bits per heavy atom. The molecule has 0 unspecified atom stereocenters. The Kier molecular flexibility index (Phi) is 6.32. The molecule has 1 amide bonds. The van der Waals surface area contributed by atoms with Crippen molar-refractivity contribution in [1.82, 2.24) is 5.32 Å². The lowest BCUT2D eigenvalue weighted by Gasteiger charge is -2.17. The molecule has 4 nitrogen and oxygen atoms in total. The lowest BCUT2D eigenvalue weighted by Crippen LogP contribution is -2.43. The summed E-state index contributed by atoms with van der Waals surface area (Å²) in [5.41, 5.74) is 2.52. The predicted octanol–water partition coefficient (Wildman–Crippen LogP) is 3.07. The Balaban J connectivity index is 2.12. The van der Waals surface area contributed by atoms with Gasteiger partial charge in [0.2, 0.25) is 0 Å². The second-order valence-electron chi connectivity index (χ2n) is 5.50. The van der Waals surface area contributed by atoms with Crippen LogP contribution in [-0.4, -0.2) is 24.5 Å². The normalized spacial score (nSPS) is 11.4. The van der Waals surface area contributed by atoms with Gasteiger partial charge in [-0.3, -0.25) is 4.79 Å². The molecule has 0 radical (unpaired) electrons. The molecule has 24 heavy (non-hydrogen) atoms. The first kappa shape index (κ1) is 17.5. The van der Waals surface area contributed by atoms with E-state index in [0.29, 0.717) is 12.0 Å². The lowest BCUT2D eigenvalue weighted by atomic mass is 10.1. The van der Waals surface area contributed by atoms with Crippen LogP contribution in [0.4, 0.5) is 0 Å². The van der Waals surface area contributed by atoms with Crippen LogP contribution in [0.15, 0.2) is 67.3 Å². The third-order valence-corrected chi connectivity index (χ3v) is 3.53. The molecule has 2 aromatic rings. The fourth-order valence-corrected chi connectivity index (χ4v) is 2.23. The van der Waals surface area contributed by atoms with E-state index in [9.17, 15) is 9.59 Å². The number of aryl methyl sites for hydroxylation is 1. The average Bonchev–Trinajstić information content (AvgIpc) is 2.60. The number of hydrogen-bond donors (Lipinski definition) is 1. The second kappa shape index (κ2) is 8.67. The van der Waals surface area contributed by atoms with Crippen LogP contribution in [0.1, 0.15) is 21.5 Å². The third-order valence-electron chi connectivity index (χ3n) is 3.53. The smallest absolute Gasteiger partial charge is 0.329 e. The molecule has 0 heterocycles. The highest BCUT2D eigenvalue weighted by Crippen LogP contribution is 2.08. The van der Waals surface area contributed by atoms with Gasteiger partial charge in [-0.2, -0.15) is 0 Å². The number of amides is 1. The number of esters is 1. The minimum atomic E-state index is -0.749. The molecular weight excluding hydrogens is 302 g/mol. The van der Waals surface area contributed by atoms with Crippen molar-refractivity contribution in [3.05, 3.63) is 83.9 Å². The molecule has 0 aromatic heterocycles. The number of hydrogen-bond acceptors (Lipinski definition) is 3. The van der Waals surface area contributed by atoms with E-state index in [0.717, 1.165) is 11.1 Å². The van der Waals surface area contributed by atoms with Crippen molar-refractivity contribution in [2.24, 2.45) is 0 Å². The molecule has 0 bridgehead atoms. The Labute approximate surface area is 142 Å². The van der Waals surface area contributed by atoms with Crippen LogP contribution in [0, 0.1) is 6.92 Å². The molecular formula is C20H21NO3. The van der Waals surface area contributed by atoms with Gasteiger partial charge in [0, 0.05) is 12.0 Å². The molecule has 1 N–H and O–H groups in total. The van der Waals surface area contributed by atoms with Gasteiger partial charge in [-0.1, -0.05) is 60.7 Å². The number of rotatable bonds is 7. The highest BCUT2D eigenvalue weighted by Gasteiger charge is 2.23. The van der Waals surface area contributed by atoms with E-state index in [2.05, 4.69) is 11.9 Å². The van der Waals surface area contributed by atoms with Crippen molar-refractivity contribution < 1.29 is 14.3 Å². The molecule has 124 valence electrons. The zero-order chi connectivity index (χ0) is 17.4. The van der Waals surface area contributed by atoms with Gasteiger partial charge in [0.05, 0.1) is 0 Å². The van der Waals surface area contributed by atoms with E-state index in [-0.39, 0.29) is 12.5 Å². The Hall–Kier alpha value is -2.88. The third kappa shape index (κ3) is 5.09. The summed E-state index contributed by atoms with van der Waals surface area (Å²) in [6.07, 6.45) is 1.87. The highest BCUT2D eigenvalue weighted by atomic mass is 16.5. The monoisotopic (exact) mass is 323 g/mol. The van der Waals surface area contributed by atoms with Gasteiger partial charge < -0.3 is 10.1 Å². The summed E-state index contributed by atoms with van der Waals surface area (Å²) in [7, 11) is 0. The maximum absolute atomic E-state index is 12.4. The summed E-state index contributed by atoms with van der Waals surface area (Å²) >= 11 is 0. The van der Waals surface area contributed by atoms with Crippen molar-refractivity contribution in [2.75, 3.05) is 6.61 Å². The molecule has 1 atom stereocenters. The number of benzene rings is 2. The molecule has 0 fully saturated rings. The van der Waals surface area contributed by atoms with Crippen molar-refractivity contribution >= 4 is 11.9 Å². The fraction of sp³-hybridized carbons (Fsp3) is 0.200. The van der Waals surface area contributed by atoms with Crippen LogP contribution in [-0.2, 0) is 16.0 Å². The van der Waals surface area contributed by atoms with Crippen molar-refractivity contribution in [3.63, 3.8) is 0 Å². The summed E-state index contributed by atoms with van der Waals surface area (Å²) in [5, 5.41) is 2.76. The summed E-state index contributed by atoms with van der Waals surface area (Å²) in [4.78, 5) is 24.6. The molecule has 0 aliphatic rings. The van der Waals surface area contributed by atoms with Crippen LogP contribution >= 0.6 is 0 Å². The molecule has 2 aromatic carbocycles. The number of ether oxygens (including phenoxy) is 1. The fourth-order valence-electron chi connectivity index (χ4n) is 2.23. The van der Waals surface area contributed by atoms with Crippen LogP contribution in [0.25, 0.3) is 0 Å². The van der Waals surface area contributed by atoms with Gasteiger partial charge >= 0.3 is 5.97 Å². The van der Waals surface area contributed by atoms with E-state index in [1.807, 2.05) is 49.4 Å². The van der Waals surface area contributed by atoms with Crippen molar-refractivity contribution in [2.45, 2.75) is 19.4 Å². The summed E-state index contributed by atoms with van der Waals surface area (Å²) in [6, 6.07) is 15.9. The highest BCUT2D eigenvalue weighted by molar-refractivity contribution is 5.96. The molecule has 0 aliphatic heterocycles. The number of carbonyl (C=O) groups is 2. The topological polar surface area (TPSA) is 55.4 Å². The minimum absolute atomic E-state index is 0.116. The Bertz CT molecular complexity index is 693. The van der Waals surface area contributed by atoms with Crippen LogP contribution in [0.5, 0.6) is 0 Å². The van der Waals surface area contributed by atoms with Gasteiger partial charge in [0.1, 0.15) is 12.6 Å². The quantitative estimate of drug-likeness (QED) is 0.629. The Morgan fingerprint density at radius 2 is 1.79 bits per heavy atom. The number of carbonyl (C=O) groups excluding carboxylic acids is 2. The van der Waals surface area contributed by atoms with Gasteiger partial charge in [-0.25, -0.2) is 4.79 Å². The van der Waals surface area contributed by atoms with Crippen LogP contribution in [0.2, 0.25) is 0 Å². The van der Waals surface area contributed by atoms with E-state index in [1.165, 1.54) is 6.08 Å². The van der Waals surface area contributed by atoms with Crippen LogP contribution in [0.3, 0.4) is 0 Å². The van der Waals surface area contributed by atoms with Gasteiger partial charge in [0.15, 0.2) is 0 Å². The first-order valence-corrected chi connectivity index (χ1v) is 7.79. The standard InChI is InChI=1S/C20H21NO3/c1-3-13-24-20(23)18(14-16-7-5-4-6-8-16)21-19(22)17-11-9-15(2)10-12-17/h3-12,18H,1,13-14H2,2H3,(H,21,22)/t18-/m0/s1. The largest absolute Gasteiger partial charge is 0.460 e.